The van der Waals surface area contributed by atoms with E-state index in [9.17, 15) is 5.11 Å². The Morgan fingerprint density at radius 1 is 1.36 bits per heavy atom. The van der Waals surface area contributed by atoms with Crippen molar-refractivity contribution < 1.29 is 9.84 Å². The van der Waals surface area contributed by atoms with Crippen LogP contribution in [0.15, 0.2) is 0 Å². The van der Waals surface area contributed by atoms with E-state index in [-0.39, 0.29) is 12.2 Å². The highest BCUT2D eigenvalue weighted by Gasteiger charge is 2.27. The first kappa shape index (κ1) is 12.0. The van der Waals surface area contributed by atoms with Gasteiger partial charge in [0.1, 0.15) is 0 Å². The van der Waals surface area contributed by atoms with E-state index in [1.165, 1.54) is 0 Å². The lowest BCUT2D eigenvalue weighted by Crippen LogP contribution is -2.50. The minimum absolute atomic E-state index is 0.284. The molecular formula is C11H23NO2. The van der Waals surface area contributed by atoms with Gasteiger partial charge in [0.15, 0.2) is 0 Å². The third kappa shape index (κ3) is 3.56. The molecule has 0 spiro atoms. The van der Waals surface area contributed by atoms with Crippen LogP contribution < -0.4 is 0 Å². The van der Waals surface area contributed by atoms with Gasteiger partial charge in [-0.05, 0) is 27.2 Å². The van der Waals surface area contributed by atoms with Gasteiger partial charge in [0.2, 0.25) is 0 Å². The minimum Gasteiger partial charge on any atom is -0.389 e. The fourth-order valence-electron chi connectivity index (χ4n) is 2.01. The third-order valence-electron chi connectivity index (χ3n) is 2.82. The lowest BCUT2D eigenvalue weighted by Gasteiger charge is -2.38. The van der Waals surface area contributed by atoms with Gasteiger partial charge in [-0.3, -0.25) is 4.90 Å². The Labute approximate surface area is 87.1 Å². The van der Waals surface area contributed by atoms with Crippen LogP contribution in [0.4, 0.5) is 0 Å². The summed E-state index contributed by atoms with van der Waals surface area (Å²) in [5.41, 5.74) is -0.559. The molecule has 0 bridgehead atoms. The van der Waals surface area contributed by atoms with Crippen molar-refractivity contribution >= 4 is 0 Å². The fraction of sp³-hybridized carbons (Fsp3) is 1.00. The molecule has 3 nitrogen and oxygen atoms in total. The molecule has 1 fully saturated rings. The molecule has 0 aromatic rings. The molecule has 1 aliphatic rings. The van der Waals surface area contributed by atoms with Crippen LogP contribution in [0.3, 0.4) is 0 Å². The highest BCUT2D eigenvalue weighted by atomic mass is 16.5. The smallest absolute Gasteiger partial charge is 0.0743 e. The Hall–Kier alpha value is -0.120. The van der Waals surface area contributed by atoms with Crippen molar-refractivity contribution in [2.24, 2.45) is 0 Å². The molecule has 0 aliphatic carbocycles. The van der Waals surface area contributed by atoms with Crippen LogP contribution in [0.5, 0.6) is 0 Å². The molecule has 1 heterocycles. The van der Waals surface area contributed by atoms with Crippen LogP contribution in [0.25, 0.3) is 0 Å². The number of hydrogen-bond acceptors (Lipinski definition) is 3. The monoisotopic (exact) mass is 201 g/mol. The van der Waals surface area contributed by atoms with Crippen LogP contribution in [-0.4, -0.2) is 47.4 Å². The van der Waals surface area contributed by atoms with Gasteiger partial charge in [0, 0.05) is 19.6 Å². The van der Waals surface area contributed by atoms with Crippen molar-refractivity contribution in [3.63, 3.8) is 0 Å². The molecule has 0 radical (unpaired) electrons. The van der Waals surface area contributed by atoms with Crippen LogP contribution in [0.1, 0.15) is 34.1 Å². The van der Waals surface area contributed by atoms with Crippen LogP contribution >= 0.6 is 0 Å². The highest BCUT2D eigenvalue weighted by Crippen LogP contribution is 2.16. The molecule has 3 unspecified atom stereocenters. The summed E-state index contributed by atoms with van der Waals surface area (Å²) >= 11 is 0. The molecule has 1 aliphatic heterocycles. The summed E-state index contributed by atoms with van der Waals surface area (Å²) in [4.78, 5) is 2.29. The zero-order valence-corrected chi connectivity index (χ0v) is 9.79. The average Bonchev–Trinajstić information content (AvgIpc) is 2.01. The average molecular weight is 201 g/mol. The molecular weight excluding hydrogens is 178 g/mol. The lowest BCUT2D eigenvalue weighted by molar-refractivity contribution is -0.0892. The molecule has 0 aromatic heterocycles. The number of hydrogen-bond donors (Lipinski definition) is 1. The second-order valence-corrected chi connectivity index (χ2v) is 4.80. The summed E-state index contributed by atoms with van der Waals surface area (Å²) < 4.78 is 5.64. The first-order chi connectivity index (χ1) is 6.43. The van der Waals surface area contributed by atoms with Crippen molar-refractivity contribution in [1.82, 2.24) is 4.90 Å². The number of morpholine rings is 1. The van der Waals surface area contributed by atoms with Crippen molar-refractivity contribution in [3.05, 3.63) is 0 Å². The summed E-state index contributed by atoms with van der Waals surface area (Å²) in [6.07, 6.45) is 1.37. The normalized spacial score (nSPS) is 34.1. The molecule has 0 amide bonds. The predicted molar refractivity (Wildman–Crippen MR) is 57.4 cm³/mol. The van der Waals surface area contributed by atoms with Gasteiger partial charge < -0.3 is 9.84 Å². The maximum Gasteiger partial charge on any atom is 0.0743 e. The van der Waals surface area contributed by atoms with E-state index >= 15 is 0 Å². The first-order valence-electron chi connectivity index (χ1n) is 5.53. The summed E-state index contributed by atoms with van der Waals surface area (Å²) in [5.74, 6) is 0. The highest BCUT2D eigenvalue weighted by molar-refractivity contribution is 4.80. The molecule has 1 N–H and O–H groups in total. The molecule has 1 rings (SSSR count). The summed E-state index contributed by atoms with van der Waals surface area (Å²) in [6, 6.07) is 0. The maximum absolute atomic E-state index is 9.97. The van der Waals surface area contributed by atoms with E-state index in [1.54, 1.807) is 0 Å². The predicted octanol–water partition coefficient (Wildman–Crippen LogP) is 1.26. The van der Waals surface area contributed by atoms with E-state index < -0.39 is 5.60 Å². The number of nitrogens with zero attached hydrogens (tertiary/aromatic N) is 1. The van der Waals surface area contributed by atoms with E-state index in [0.717, 1.165) is 26.1 Å². The van der Waals surface area contributed by atoms with Gasteiger partial charge in [-0.2, -0.15) is 0 Å². The zero-order valence-electron chi connectivity index (χ0n) is 9.79. The minimum atomic E-state index is -0.559. The van der Waals surface area contributed by atoms with Crippen molar-refractivity contribution in [2.45, 2.75) is 51.9 Å². The molecule has 84 valence electrons. The molecule has 0 aromatic carbocycles. The van der Waals surface area contributed by atoms with E-state index in [4.69, 9.17) is 4.74 Å². The molecule has 0 saturated carbocycles. The second kappa shape index (κ2) is 4.60. The lowest BCUT2D eigenvalue weighted by atomic mass is 10.0. The van der Waals surface area contributed by atoms with E-state index in [0.29, 0.717) is 0 Å². The zero-order chi connectivity index (χ0) is 10.8. The topological polar surface area (TPSA) is 32.7 Å². The van der Waals surface area contributed by atoms with Gasteiger partial charge in [-0.15, -0.1) is 0 Å². The number of β-amino-alcohol motifs (C(OH)–C–C–N with tert-alkyl or cyclic N) is 1. The Kier molecular flexibility index (Phi) is 3.93. The first-order valence-corrected chi connectivity index (χ1v) is 5.53. The summed E-state index contributed by atoms with van der Waals surface area (Å²) in [5, 5.41) is 9.97. The quantitative estimate of drug-likeness (QED) is 0.746. The molecule has 3 heteroatoms. The van der Waals surface area contributed by atoms with Crippen molar-refractivity contribution in [3.8, 4) is 0 Å². The fourth-order valence-corrected chi connectivity index (χ4v) is 2.01. The van der Waals surface area contributed by atoms with E-state index in [2.05, 4.69) is 18.7 Å². The second-order valence-electron chi connectivity index (χ2n) is 4.80. The standard InChI is InChI=1S/C11H23NO2/c1-5-11(4,13)8-12-6-9(2)14-10(3)7-12/h9-10,13H,5-8H2,1-4H3. The van der Waals surface area contributed by atoms with Gasteiger partial charge in [0.25, 0.3) is 0 Å². The Bertz CT molecular complexity index is 172. The number of aliphatic hydroxyl groups is 1. The summed E-state index contributed by atoms with van der Waals surface area (Å²) in [6.45, 7) is 10.7. The molecule has 14 heavy (non-hydrogen) atoms. The largest absolute Gasteiger partial charge is 0.389 e. The molecule has 3 atom stereocenters. The van der Waals surface area contributed by atoms with Gasteiger partial charge in [0.05, 0.1) is 17.8 Å². The van der Waals surface area contributed by atoms with Gasteiger partial charge in [-0.25, -0.2) is 0 Å². The number of rotatable bonds is 3. The Morgan fingerprint density at radius 2 is 1.86 bits per heavy atom. The van der Waals surface area contributed by atoms with Crippen LogP contribution in [-0.2, 0) is 4.74 Å². The van der Waals surface area contributed by atoms with Crippen molar-refractivity contribution in [1.29, 1.82) is 0 Å². The summed E-state index contributed by atoms with van der Waals surface area (Å²) in [7, 11) is 0. The van der Waals surface area contributed by atoms with Gasteiger partial charge in [-0.1, -0.05) is 6.92 Å². The van der Waals surface area contributed by atoms with Gasteiger partial charge >= 0.3 is 0 Å². The third-order valence-corrected chi connectivity index (χ3v) is 2.82. The van der Waals surface area contributed by atoms with Crippen molar-refractivity contribution in [2.75, 3.05) is 19.6 Å². The SMILES string of the molecule is CCC(C)(O)CN1CC(C)OC(C)C1. The van der Waals surface area contributed by atoms with E-state index in [1.807, 2.05) is 13.8 Å². The van der Waals surface area contributed by atoms with Crippen LogP contribution in [0, 0.1) is 0 Å². The Balaban J connectivity index is 2.44. The number of ether oxygens (including phenoxy) is 1. The van der Waals surface area contributed by atoms with Crippen LogP contribution in [0.2, 0.25) is 0 Å². The maximum atomic E-state index is 9.97. The Morgan fingerprint density at radius 3 is 2.29 bits per heavy atom. The molecule has 1 saturated heterocycles.